The van der Waals surface area contributed by atoms with Gasteiger partial charge in [-0.2, -0.15) is 0 Å². The van der Waals surface area contributed by atoms with E-state index in [1.807, 2.05) is 0 Å². The Balaban J connectivity index is 0.000000151. The average molecular weight is 211 g/mol. The first-order valence-corrected chi connectivity index (χ1v) is 6.97. The van der Waals surface area contributed by atoms with Crippen LogP contribution in [0, 0.1) is 5.92 Å². The fourth-order valence-corrected chi connectivity index (χ4v) is 2.38. The number of rotatable bonds is 0. The maximum atomic E-state index is 2.40. The van der Waals surface area contributed by atoms with E-state index in [-0.39, 0.29) is 0 Å². The summed E-state index contributed by atoms with van der Waals surface area (Å²) in [5.74, 6) is 0.978. The van der Waals surface area contributed by atoms with Crippen LogP contribution in [0.2, 0.25) is 0 Å². The van der Waals surface area contributed by atoms with Gasteiger partial charge in [-0.3, -0.25) is 0 Å². The largest absolute Gasteiger partial charge is 0.306 e. The Morgan fingerprint density at radius 2 is 1.07 bits per heavy atom. The minimum Gasteiger partial charge on any atom is -0.306 e. The lowest BCUT2D eigenvalue weighted by atomic mass is 10.00. The van der Waals surface area contributed by atoms with Gasteiger partial charge < -0.3 is 4.90 Å². The minimum atomic E-state index is 0.978. The quantitative estimate of drug-likeness (QED) is 0.546. The number of hydrogen-bond donors (Lipinski definition) is 0. The van der Waals surface area contributed by atoms with Crippen molar-refractivity contribution in [2.75, 3.05) is 20.1 Å². The molecule has 0 aromatic heterocycles. The van der Waals surface area contributed by atoms with Crippen LogP contribution in [-0.2, 0) is 0 Å². The SMILES string of the molecule is C1CCCCCC1.CC1CCN(C)CC1. The predicted molar refractivity (Wildman–Crippen MR) is 68.2 cm³/mol. The van der Waals surface area contributed by atoms with E-state index < -0.39 is 0 Å². The second-order valence-electron chi connectivity index (χ2n) is 5.46. The molecule has 0 spiro atoms. The molecule has 1 nitrogen and oxygen atoms in total. The number of likely N-dealkylation sites (tertiary alicyclic amines) is 1. The van der Waals surface area contributed by atoms with E-state index in [1.165, 1.54) is 70.9 Å². The summed E-state index contributed by atoms with van der Waals surface area (Å²) >= 11 is 0. The molecular weight excluding hydrogens is 182 g/mol. The molecule has 1 saturated heterocycles. The first-order valence-electron chi connectivity index (χ1n) is 6.97. The summed E-state index contributed by atoms with van der Waals surface area (Å²) in [5, 5.41) is 0. The van der Waals surface area contributed by atoms with Gasteiger partial charge in [0.2, 0.25) is 0 Å². The molecule has 0 N–H and O–H groups in total. The highest BCUT2D eigenvalue weighted by Gasteiger charge is 2.10. The van der Waals surface area contributed by atoms with Crippen molar-refractivity contribution in [3.63, 3.8) is 0 Å². The van der Waals surface area contributed by atoms with E-state index >= 15 is 0 Å². The molecule has 15 heavy (non-hydrogen) atoms. The third kappa shape index (κ3) is 6.94. The van der Waals surface area contributed by atoms with Crippen molar-refractivity contribution in [2.24, 2.45) is 5.92 Å². The van der Waals surface area contributed by atoms with Crippen molar-refractivity contribution in [1.29, 1.82) is 0 Å². The molecule has 1 aliphatic carbocycles. The molecule has 2 fully saturated rings. The molecule has 2 aliphatic rings. The smallest absolute Gasteiger partial charge is 0.00192 e. The van der Waals surface area contributed by atoms with Crippen LogP contribution in [0.1, 0.15) is 64.7 Å². The topological polar surface area (TPSA) is 3.24 Å². The van der Waals surface area contributed by atoms with Crippen LogP contribution in [0.15, 0.2) is 0 Å². The van der Waals surface area contributed by atoms with Gasteiger partial charge in [-0.1, -0.05) is 51.9 Å². The van der Waals surface area contributed by atoms with Gasteiger partial charge in [-0.05, 0) is 38.9 Å². The standard InChI is InChI=1S/C7H15N.C7H14/c1-7-3-5-8(2)6-4-7;1-2-4-6-7-5-3-1/h7H,3-6H2,1-2H3;1-7H2. The zero-order valence-corrected chi connectivity index (χ0v) is 10.8. The van der Waals surface area contributed by atoms with Gasteiger partial charge in [-0.15, -0.1) is 0 Å². The lowest BCUT2D eigenvalue weighted by molar-refractivity contribution is 0.230. The molecule has 2 rings (SSSR count). The molecule has 0 atom stereocenters. The predicted octanol–water partition coefficient (Wildman–Crippen LogP) is 4.08. The summed E-state index contributed by atoms with van der Waals surface area (Å²) in [7, 11) is 2.20. The zero-order chi connectivity index (χ0) is 10.9. The van der Waals surface area contributed by atoms with Crippen molar-refractivity contribution in [3.8, 4) is 0 Å². The highest BCUT2D eigenvalue weighted by atomic mass is 15.1. The molecule has 0 unspecified atom stereocenters. The maximum Gasteiger partial charge on any atom is -0.00192 e. The highest BCUT2D eigenvalue weighted by molar-refractivity contribution is 4.65. The molecule has 90 valence electrons. The van der Waals surface area contributed by atoms with Crippen LogP contribution in [0.25, 0.3) is 0 Å². The maximum absolute atomic E-state index is 2.40. The average Bonchev–Trinajstić information content (AvgIpc) is 2.55. The van der Waals surface area contributed by atoms with Gasteiger partial charge in [0, 0.05) is 0 Å². The van der Waals surface area contributed by atoms with E-state index in [4.69, 9.17) is 0 Å². The molecule has 1 saturated carbocycles. The minimum absolute atomic E-state index is 0.978. The molecule has 0 radical (unpaired) electrons. The van der Waals surface area contributed by atoms with Gasteiger partial charge in [0.15, 0.2) is 0 Å². The van der Waals surface area contributed by atoms with Gasteiger partial charge in [0.1, 0.15) is 0 Å². The van der Waals surface area contributed by atoms with Crippen molar-refractivity contribution in [1.82, 2.24) is 4.90 Å². The normalized spacial score (nSPS) is 25.2. The molecule has 1 aliphatic heterocycles. The molecule has 0 aromatic rings. The van der Waals surface area contributed by atoms with Gasteiger partial charge >= 0.3 is 0 Å². The summed E-state index contributed by atoms with van der Waals surface area (Å²) in [6, 6.07) is 0. The van der Waals surface area contributed by atoms with E-state index in [9.17, 15) is 0 Å². The fourth-order valence-electron chi connectivity index (χ4n) is 2.38. The van der Waals surface area contributed by atoms with Crippen LogP contribution >= 0.6 is 0 Å². The monoisotopic (exact) mass is 211 g/mol. The van der Waals surface area contributed by atoms with Crippen LogP contribution in [0.4, 0.5) is 0 Å². The van der Waals surface area contributed by atoms with E-state index in [0.29, 0.717) is 0 Å². The third-order valence-electron chi connectivity index (χ3n) is 3.76. The second kappa shape index (κ2) is 8.15. The summed E-state index contributed by atoms with van der Waals surface area (Å²) in [4.78, 5) is 2.40. The Bertz CT molecular complexity index is 107. The summed E-state index contributed by atoms with van der Waals surface area (Å²) in [6.45, 7) is 4.95. The Kier molecular flexibility index (Phi) is 7.08. The summed E-state index contributed by atoms with van der Waals surface area (Å²) < 4.78 is 0. The first-order chi connectivity index (χ1) is 7.29. The van der Waals surface area contributed by atoms with Crippen molar-refractivity contribution >= 4 is 0 Å². The first kappa shape index (κ1) is 13.0. The van der Waals surface area contributed by atoms with Crippen LogP contribution in [0.5, 0.6) is 0 Å². The fraction of sp³-hybridized carbons (Fsp3) is 1.00. The lowest BCUT2D eigenvalue weighted by Crippen LogP contribution is -2.28. The van der Waals surface area contributed by atoms with E-state index in [2.05, 4.69) is 18.9 Å². The highest BCUT2D eigenvalue weighted by Crippen LogP contribution is 2.15. The van der Waals surface area contributed by atoms with Gasteiger partial charge in [0.25, 0.3) is 0 Å². The molecule has 0 aromatic carbocycles. The zero-order valence-electron chi connectivity index (χ0n) is 10.8. The number of hydrogen-bond acceptors (Lipinski definition) is 1. The summed E-state index contributed by atoms with van der Waals surface area (Å²) in [6.07, 6.45) is 13.3. The number of piperidine rings is 1. The van der Waals surface area contributed by atoms with Crippen molar-refractivity contribution < 1.29 is 0 Å². The molecule has 1 heterocycles. The van der Waals surface area contributed by atoms with Crippen molar-refractivity contribution in [2.45, 2.75) is 64.7 Å². The van der Waals surface area contributed by atoms with Crippen LogP contribution in [-0.4, -0.2) is 25.0 Å². The van der Waals surface area contributed by atoms with Crippen LogP contribution < -0.4 is 0 Å². The third-order valence-corrected chi connectivity index (χ3v) is 3.76. The molecule has 1 heteroatoms. The Morgan fingerprint density at radius 3 is 1.33 bits per heavy atom. The Labute approximate surface area is 96.2 Å². The van der Waals surface area contributed by atoms with E-state index in [0.717, 1.165) is 5.92 Å². The van der Waals surface area contributed by atoms with Gasteiger partial charge in [-0.25, -0.2) is 0 Å². The Hall–Kier alpha value is -0.0400. The molecular formula is C14H29N. The summed E-state index contributed by atoms with van der Waals surface area (Å²) in [5.41, 5.74) is 0. The van der Waals surface area contributed by atoms with Crippen LogP contribution in [0.3, 0.4) is 0 Å². The van der Waals surface area contributed by atoms with Gasteiger partial charge in [0.05, 0.1) is 0 Å². The Morgan fingerprint density at radius 1 is 0.733 bits per heavy atom. The van der Waals surface area contributed by atoms with Crippen molar-refractivity contribution in [3.05, 3.63) is 0 Å². The van der Waals surface area contributed by atoms with E-state index in [1.54, 1.807) is 0 Å². The molecule has 0 amide bonds. The molecule has 0 bridgehead atoms. The number of nitrogens with zero attached hydrogens (tertiary/aromatic N) is 1. The second-order valence-corrected chi connectivity index (χ2v) is 5.46. The lowest BCUT2D eigenvalue weighted by Gasteiger charge is -2.26.